The van der Waals surface area contributed by atoms with E-state index in [1.165, 1.54) is 6.92 Å². The molecule has 2 aromatic rings. The molecule has 0 fully saturated rings. The summed E-state index contributed by atoms with van der Waals surface area (Å²) in [6.07, 6.45) is -0.705. The number of nitrogens with one attached hydrogen (secondary N) is 2. The second kappa shape index (κ2) is 7.11. The number of carbonyl (C=O) groups is 1. The fourth-order valence-electron chi connectivity index (χ4n) is 1.98. The Labute approximate surface area is 128 Å². The fourth-order valence-corrected chi connectivity index (χ4v) is 2.24. The zero-order valence-corrected chi connectivity index (χ0v) is 12.4. The van der Waals surface area contributed by atoms with Gasteiger partial charge in [-0.25, -0.2) is 0 Å². The number of anilines is 2. The minimum atomic E-state index is -0.705. The molecule has 110 valence electrons. The summed E-state index contributed by atoms with van der Waals surface area (Å²) >= 11 is 6.05. The van der Waals surface area contributed by atoms with E-state index in [9.17, 15) is 9.90 Å². The van der Waals surface area contributed by atoms with Gasteiger partial charge in [0.05, 0.1) is 6.10 Å². The van der Waals surface area contributed by atoms with Gasteiger partial charge in [-0.1, -0.05) is 35.9 Å². The molecule has 0 saturated heterocycles. The second-order valence-corrected chi connectivity index (χ2v) is 5.09. The zero-order valence-electron chi connectivity index (χ0n) is 11.6. The first-order valence-electron chi connectivity index (χ1n) is 6.60. The summed E-state index contributed by atoms with van der Waals surface area (Å²) < 4.78 is 0. The zero-order chi connectivity index (χ0) is 15.2. The molecule has 0 radical (unpaired) electrons. The number of carbonyl (C=O) groups excluding carboxylic acids is 1. The highest BCUT2D eigenvalue weighted by molar-refractivity contribution is 6.31. The Morgan fingerprint density at radius 2 is 1.90 bits per heavy atom. The van der Waals surface area contributed by atoms with E-state index >= 15 is 0 Å². The fraction of sp³-hybridized carbons (Fsp3) is 0.188. The molecular formula is C16H17ClN2O2. The van der Waals surface area contributed by atoms with Crippen molar-refractivity contribution in [2.45, 2.75) is 13.0 Å². The topological polar surface area (TPSA) is 61.4 Å². The molecule has 1 atom stereocenters. The van der Waals surface area contributed by atoms with Gasteiger partial charge in [-0.15, -0.1) is 0 Å². The molecular weight excluding hydrogens is 288 g/mol. The SMILES string of the molecule is CC(=O)Nc1cccc(NCC(O)c2ccccc2Cl)c1. The van der Waals surface area contributed by atoms with Crippen LogP contribution in [0, 0.1) is 0 Å². The average molecular weight is 305 g/mol. The number of aliphatic hydroxyl groups is 1. The van der Waals surface area contributed by atoms with Gasteiger partial charge in [0.25, 0.3) is 0 Å². The Morgan fingerprint density at radius 3 is 2.62 bits per heavy atom. The molecule has 2 aromatic carbocycles. The predicted octanol–water partition coefficient (Wildman–Crippen LogP) is 3.44. The Balaban J connectivity index is 2.00. The van der Waals surface area contributed by atoms with Crippen LogP contribution in [0.5, 0.6) is 0 Å². The lowest BCUT2D eigenvalue weighted by Gasteiger charge is -2.15. The minimum absolute atomic E-state index is 0.122. The summed E-state index contributed by atoms with van der Waals surface area (Å²) in [6, 6.07) is 14.5. The molecule has 1 unspecified atom stereocenters. The summed E-state index contributed by atoms with van der Waals surface area (Å²) in [5.41, 5.74) is 2.21. The monoisotopic (exact) mass is 304 g/mol. The molecule has 0 aliphatic heterocycles. The van der Waals surface area contributed by atoms with E-state index < -0.39 is 6.10 Å². The van der Waals surface area contributed by atoms with Crippen LogP contribution in [0.1, 0.15) is 18.6 Å². The molecule has 21 heavy (non-hydrogen) atoms. The Morgan fingerprint density at radius 1 is 1.19 bits per heavy atom. The van der Waals surface area contributed by atoms with Gasteiger partial charge in [-0.3, -0.25) is 4.79 Å². The highest BCUT2D eigenvalue weighted by Gasteiger charge is 2.10. The summed E-state index contributed by atoms with van der Waals surface area (Å²) in [7, 11) is 0. The Bertz CT molecular complexity index is 631. The van der Waals surface area contributed by atoms with Crippen LogP contribution in [-0.4, -0.2) is 17.6 Å². The van der Waals surface area contributed by atoms with Crippen LogP contribution in [0.25, 0.3) is 0 Å². The van der Waals surface area contributed by atoms with Crippen molar-refractivity contribution in [3.8, 4) is 0 Å². The summed E-state index contributed by atoms with van der Waals surface area (Å²) in [4.78, 5) is 11.0. The Kier molecular flexibility index (Phi) is 5.20. The lowest BCUT2D eigenvalue weighted by atomic mass is 10.1. The smallest absolute Gasteiger partial charge is 0.221 e. The average Bonchev–Trinajstić information content (AvgIpc) is 2.45. The van der Waals surface area contributed by atoms with Crippen LogP contribution in [-0.2, 0) is 4.79 Å². The predicted molar refractivity (Wildman–Crippen MR) is 85.6 cm³/mol. The molecule has 0 saturated carbocycles. The lowest BCUT2D eigenvalue weighted by Crippen LogP contribution is -2.13. The third kappa shape index (κ3) is 4.48. The third-order valence-corrected chi connectivity index (χ3v) is 3.29. The van der Waals surface area contributed by atoms with Crippen molar-refractivity contribution in [2.24, 2.45) is 0 Å². The maximum absolute atomic E-state index is 11.0. The van der Waals surface area contributed by atoms with Crippen LogP contribution in [0.4, 0.5) is 11.4 Å². The molecule has 0 heterocycles. The van der Waals surface area contributed by atoms with E-state index in [2.05, 4.69) is 10.6 Å². The first kappa shape index (κ1) is 15.4. The quantitative estimate of drug-likeness (QED) is 0.793. The van der Waals surface area contributed by atoms with Crippen molar-refractivity contribution in [3.63, 3.8) is 0 Å². The van der Waals surface area contributed by atoms with Crippen molar-refractivity contribution in [2.75, 3.05) is 17.2 Å². The summed E-state index contributed by atoms with van der Waals surface area (Å²) in [5, 5.41) is 16.5. The van der Waals surface area contributed by atoms with Crippen molar-refractivity contribution in [3.05, 3.63) is 59.1 Å². The van der Waals surface area contributed by atoms with E-state index in [1.807, 2.05) is 24.3 Å². The molecule has 0 aliphatic carbocycles. The van der Waals surface area contributed by atoms with E-state index in [-0.39, 0.29) is 5.91 Å². The van der Waals surface area contributed by atoms with Crippen molar-refractivity contribution < 1.29 is 9.90 Å². The number of aliphatic hydroxyl groups excluding tert-OH is 1. The first-order chi connectivity index (χ1) is 10.1. The highest BCUT2D eigenvalue weighted by atomic mass is 35.5. The van der Waals surface area contributed by atoms with Gasteiger partial charge in [0.2, 0.25) is 5.91 Å². The molecule has 0 aliphatic rings. The number of hydrogen-bond donors (Lipinski definition) is 3. The van der Waals surface area contributed by atoms with Crippen molar-refractivity contribution >= 4 is 28.9 Å². The van der Waals surface area contributed by atoms with Gasteiger partial charge in [0.1, 0.15) is 0 Å². The molecule has 0 bridgehead atoms. The number of benzene rings is 2. The van der Waals surface area contributed by atoms with E-state index in [4.69, 9.17) is 11.6 Å². The van der Waals surface area contributed by atoms with Crippen LogP contribution >= 0.6 is 11.6 Å². The molecule has 5 heteroatoms. The molecule has 1 amide bonds. The van der Waals surface area contributed by atoms with Crippen LogP contribution in [0.3, 0.4) is 0 Å². The first-order valence-corrected chi connectivity index (χ1v) is 6.98. The standard InChI is InChI=1S/C16H17ClN2O2/c1-11(20)19-13-6-4-5-12(9-13)18-10-16(21)14-7-2-3-8-15(14)17/h2-9,16,18,21H,10H2,1H3,(H,19,20). The lowest BCUT2D eigenvalue weighted by molar-refractivity contribution is -0.114. The third-order valence-electron chi connectivity index (χ3n) is 2.95. The van der Waals surface area contributed by atoms with Gasteiger partial charge in [0, 0.05) is 35.4 Å². The minimum Gasteiger partial charge on any atom is -0.387 e. The van der Waals surface area contributed by atoms with Crippen LogP contribution < -0.4 is 10.6 Å². The Hall–Kier alpha value is -2.04. The van der Waals surface area contributed by atoms with Gasteiger partial charge < -0.3 is 15.7 Å². The van der Waals surface area contributed by atoms with Gasteiger partial charge in [-0.2, -0.15) is 0 Å². The van der Waals surface area contributed by atoms with Crippen molar-refractivity contribution in [1.29, 1.82) is 0 Å². The molecule has 0 aromatic heterocycles. The number of amides is 1. The largest absolute Gasteiger partial charge is 0.387 e. The van der Waals surface area contributed by atoms with Crippen molar-refractivity contribution in [1.82, 2.24) is 0 Å². The summed E-state index contributed by atoms with van der Waals surface area (Å²) in [6.45, 7) is 1.79. The van der Waals surface area contributed by atoms with Crippen LogP contribution in [0.2, 0.25) is 5.02 Å². The maximum Gasteiger partial charge on any atom is 0.221 e. The second-order valence-electron chi connectivity index (χ2n) is 4.68. The van der Waals surface area contributed by atoms with Crippen LogP contribution in [0.15, 0.2) is 48.5 Å². The molecule has 4 nitrogen and oxygen atoms in total. The molecule has 3 N–H and O–H groups in total. The van der Waals surface area contributed by atoms with Gasteiger partial charge in [0.15, 0.2) is 0 Å². The molecule has 0 spiro atoms. The number of rotatable bonds is 5. The van der Waals surface area contributed by atoms with E-state index in [0.29, 0.717) is 22.8 Å². The summed E-state index contributed by atoms with van der Waals surface area (Å²) in [5.74, 6) is -0.122. The van der Waals surface area contributed by atoms with Gasteiger partial charge in [-0.05, 0) is 24.3 Å². The maximum atomic E-state index is 11.0. The number of halogens is 1. The normalized spacial score (nSPS) is 11.8. The van der Waals surface area contributed by atoms with E-state index in [0.717, 1.165) is 5.69 Å². The van der Waals surface area contributed by atoms with Gasteiger partial charge >= 0.3 is 0 Å². The van der Waals surface area contributed by atoms with E-state index in [1.54, 1.807) is 24.3 Å². The highest BCUT2D eigenvalue weighted by Crippen LogP contribution is 2.23. The molecule has 2 rings (SSSR count). The number of hydrogen-bond acceptors (Lipinski definition) is 3.